The molecular weight excluding hydrogens is 288 g/mol. The molecule has 1 amide bonds. The van der Waals surface area contributed by atoms with E-state index in [0.717, 1.165) is 50.8 Å². The summed E-state index contributed by atoms with van der Waals surface area (Å²) in [6.45, 7) is 1.63. The molecule has 0 bridgehead atoms. The number of carbonyl (C=O) groups excluding carboxylic acids is 1. The third-order valence-electron chi connectivity index (χ3n) is 5.49. The molecule has 1 aromatic rings. The number of amides is 1. The van der Waals surface area contributed by atoms with Crippen molar-refractivity contribution in [2.75, 3.05) is 31.6 Å². The number of rotatable bonds is 4. The Balaban J connectivity index is 1.59. The van der Waals surface area contributed by atoms with Gasteiger partial charge < -0.3 is 10.0 Å². The third kappa shape index (κ3) is 3.75. The van der Waals surface area contributed by atoms with Crippen molar-refractivity contribution in [2.24, 2.45) is 5.92 Å². The second-order valence-corrected chi connectivity index (χ2v) is 7.05. The molecule has 0 saturated heterocycles. The average Bonchev–Trinajstić information content (AvgIpc) is 2.61. The van der Waals surface area contributed by atoms with Gasteiger partial charge in [-0.3, -0.25) is 9.69 Å². The van der Waals surface area contributed by atoms with E-state index in [1.165, 1.54) is 5.56 Å². The molecule has 0 radical (unpaired) electrons. The van der Waals surface area contributed by atoms with E-state index in [-0.39, 0.29) is 5.91 Å². The zero-order chi connectivity index (χ0) is 16.2. The minimum atomic E-state index is 0.212. The molecule has 126 valence electrons. The number of hydrogen-bond donors (Lipinski definition) is 1. The highest BCUT2D eigenvalue weighted by Crippen LogP contribution is 2.29. The zero-order valence-corrected chi connectivity index (χ0v) is 14.1. The molecule has 1 saturated carbocycles. The number of nitrogens with zero attached hydrogens (tertiary/aromatic N) is 2. The third-order valence-corrected chi connectivity index (χ3v) is 5.49. The van der Waals surface area contributed by atoms with Gasteiger partial charge in [-0.25, -0.2) is 0 Å². The number of benzene rings is 1. The molecule has 0 spiro atoms. The summed E-state index contributed by atoms with van der Waals surface area (Å²) >= 11 is 0. The van der Waals surface area contributed by atoms with E-state index in [9.17, 15) is 9.90 Å². The molecule has 1 aromatic carbocycles. The lowest BCUT2D eigenvalue weighted by Crippen LogP contribution is -2.45. The maximum Gasteiger partial charge on any atom is 0.241 e. The number of aryl methyl sites for hydroxylation is 1. The van der Waals surface area contributed by atoms with Crippen LogP contribution < -0.4 is 4.90 Å². The predicted molar refractivity (Wildman–Crippen MR) is 92.6 cm³/mol. The van der Waals surface area contributed by atoms with Gasteiger partial charge in [-0.15, -0.1) is 0 Å². The smallest absolute Gasteiger partial charge is 0.241 e. The number of anilines is 1. The van der Waals surface area contributed by atoms with E-state index < -0.39 is 0 Å². The lowest BCUT2D eigenvalue weighted by Gasteiger charge is -2.36. The first-order valence-corrected chi connectivity index (χ1v) is 8.88. The van der Waals surface area contributed by atoms with Gasteiger partial charge in [-0.05, 0) is 63.1 Å². The van der Waals surface area contributed by atoms with Gasteiger partial charge in [-0.1, -0.05) is 18.2 Å². The van der Waals surface area contributed by atoms with Crippen LogP contribution >= 0.6 is 0 Å². The van der Waals surface area contributed by atoms with Crippen LogP contribution in [-0.4, -0.2) is 48.7 Å². The lowest BCUT2D eigenvalue weighted by molar-refractivity contribution is -0.120. The van der Waals surface area contributed by atoms with Crippen molar-refractivity contribution >= 4 is 11.6 Å². The predicted octanol–water partition coefficient (Wildman–Crippen LogP) is 2.45. The van der Waals surface area contributed by atoms with Crippen molar-refractivity contribution in [1.82, 2.24) is 4.90 Å². The van der Waals surface area contributed by atoms with E-state index in [1.54, 1.807) is 0 Å². The summed E-state index contributed by atoms with van der Waals surface area (Å²) < 4.78 is 0. The molecule has 1 N–H and O–H groups in total. The van der Waals surface area contributed by atoms with Crippen LogP contribution in [0.4, 0.5) is 5.69 Å². The number of aliphatic hydroxyl groups is 1. The molecule has 23 heavy (non-hydrogen) atoms. The maximum absolute atomic E-state index is 12.8. The summed E-state index contributed by atoms with van der Waals surface area (Å²) in [6.07, 6.45) is 6.45. The summed E-state index contributed by atoms with van der Waals surface area (Å²) in [5.74, 6) is 0.674. The normalized spacial score (nSPS) is 24.6. The minimum Gasteiger partial charge on any atom is -0.396 e. The van der Waals surface area contributed by atoms with Crippen LogP contribution in [0.3, 0.4) is 0 Å². The van der Waals surface area contributed by atoms with E-state index in [1.807, 2.05) is 11.0 Å². The summed E-state index contributed by atoms with van der Waals surface area (Å²) in [5, 5.41) is 9.25. The molecule has 1 heterocycles. The Morgan fingerprint density at radius 2 is 2.00 bits per heavy atom. The van der Waals surface area contributed by atoms with Gasteiger partial charge in [0.05, 0.1) is 6.54 Å². The van der Waals surface area contributed by atoms with Crippen molar-refractivity contribution in [3.05, 3.63) is 29.8 Å². The first-order chi connectivity index (χ1) is 11.2. The Bertz CT molecular complexity index is 538. The van der Waals surface area contributed by atoms with Gasteiger partial charge in [-0.2, -0.15) is 0 Å². The number of likely N-dealkylation sites (N-methyl/N-ethyl adjacent to an activating group) is 1. The van der Waals surface area contributed by atoms with Gasteiger partial charge in [0, 0.05) is 24.9 Å². The van der Waals surface area contributed by atoms with Crippen LogP contribution in [0, 0.1) is 5.92 Å². The van der Waals surface area contributed by atoms with Crippen molar-refractivity contribution in [2.45, 2.75) is 44.6 Å². The van der Waals surface area contributed by atoms with Crippen molar-refractivity contribution in [3.63, 3.8) is 0 Å². The van der Waals surface area contributed by atoms with Crippen LogP contribution in [0.15, 0.2) is 24.3 Å². The molecule has 0 aromatic heterocycles. The fraction of sp³-hybridized carbons (Fsp3) is 0.632. The van der Waals surface area contributed by atoms with E-state index in [4.69, 9.17) is 0 Å². The zero-order valence-electron chi connectivity index (χ0n) is 14.1. The molecule has 4 heteroatoms. The van der Waals surface area contributed by atoms with E-state index in [2.05, 4.69) is 30.1 Å². The quantitative estimate of drug-likeness (QED) is 0.928. The molecule has 1 fully saturated rings. The second-order valence-electron chi connectivity index (χ2n) is 7.05. The Morgan fingerprint density at radius 1 is 1.26 bits per heavy atom. The summed E-state index contributed by atoms with van der Waals surface area (Å²) in [4.78, 5) is 17.0. The van der Waals surface area contributed by atoms with Crippen molar-refractivity contribution in [1.29, 1.82) is 0 Å². The lowest BCUT2D eigenvalue weighted by atomic mass is 9.86. The SMILES string of the molecule is CN(CC(=O)N1CCCc2ccccc21)C1CCC(CO)CC1. The molecule has 4 nitrogen and oxygen atoms in total. The van der Waals surface area contributed by atoms with Gasteiger partial charge in [0.15, 0.2) is 0 Å². The molecule has 2 aliphatic rings. The Kier molecular flexibility index (Phi) is 5.34. The Labute approximate surface area is 139 Å². The highest BCUT2D eigenvalue weighted by Gasteiger charge is 2.27. The van der Waals surface area contributed by atoms with Crippen LogP contribution in [-0.2, 0) is 11.2 Å². The number of hydrogen-bond acceptors (Lipinski definition) is 3. The van der Waals surface area contributed by atoms with Crippen LogP contribution in [0.2, 0.25) is 0 Å². The summed E-state index contributed by atoms with van der Waals surface area (Å²) in [5.41, 5.74) is 2.39. The molecule has 0 atom stereocenters. The van der Waals surface area contributed by atoms with E-state index in [0.29, 0.717) is 25.1 Å². The summed E-state index contributed by atoms with van der Waals surface area (Å²) in [7, 11) is 2.07. The molecular formula is C19H28N2O2. The molecule has 3 rings (SSSR count). The minimum absolute atomic E-state index is 0.212. The average molecular weight is 316 g/mol. The second kappa shape index (κ2) is 7.45. The van der Waals surface area contributed by atoms with E-state index >= 15 is 0 Å². The van der Waals surface area contributed by atoms with Crippen LogP contribution in [0.5, 0.6) is 0 Å². The van der Waals surface area contributed by atoms with Crippen molar-refractivity contribution < 1.29 is 9.90 Å². The fourth-order valence-corrected chi connectivity index (χ4v) is 3.99. The largest absolute Gasteiger partial charge is 0.396 e. The van der Waals surface area contributed by atoms with Crippen LogP contribution in [0.25, 0.3) is 0 Å². The molecule has 0 unspecified atom stereocenters. The first kappa shape index (κ1) is 16.5. The summed E-state index contributed by atoms with van der Waals surface area (Å²) in [6, 6.07) is 8.75. The van der Waals surface area contributed by atoms with Gasteiger partial charge >= 0.3 is 0 Å². The Morgan fingerprint density at radius 3 is 2.74 bits per heavy atom. The number of para-hydroxylation sites is 1. The van der Waals surface area contributed by atoms with Crippen LogP contribution in [0.1, 0.15) is 37.7 Å². The monoisotopic (exact) mass is 316 g/mol. The Hall–Kier alpha value is -1.39. The van der Waals surface area contributed by atoms with Crippen molar-refractivity contribution in [3.8, 4) is 0 Å². The highest BCUT2D eigenvalue weighted by molar-refractivity contribution is 5.95. The number of carbonyl (C=O) groups is 1. The molecule has 1 aliphatic heterocycles. The standard InChI is InChI=1S/C19H28N2O2/c1-20(17-10-8-15(14-22)9-11-17)13-19(23)21-12-4-6-16-5-2-3-7-18(16)21/h2-3,5,7,15,17,22H,4,6,8-14H2,1H3. The van der Waals surface area contributed by atoms with Gasteiger partial charge in [0.25, 0.3) is 0 Å². The maximum atomic E-state index is 12.8. The highest BCUT2D eigenvalue weighted by atomic mass is 16.3. The molecule has 1 aliphatic carbocycles. The number of aliphatic hydroxyl groups excluding tert-OH is 1. The van der Waals surface area contributed by atoms with Gasteiger partial charge in [0.1, 0.15) is 0 Å². The topological polar surface area (TPSA) is 43.8 Å². The first-order valence-electron chi connectivity index (χ1n) is 8.88. The van der Waals surface area contributed by atoms with Gasteiger partial charge in [0.2, 0.25) is 5.91 Å². The number of fused-ring (bicyclic) bond motifs is 1. The fourth-order valence-electron chi connectivity index (χ4n) is 3.99.